The number of benzene rings is 1. The Morgan fingerprint density at radius 2 is 1.86 bits per heavy atom. The molecule has 1 rings (SSSR count). The average molecular weight is 306 g/mol. The number of rotatable bonds is 7. The van der Waals surface area contributed by atoms with E-state index < -0.39 is 17.2 Å². The Morgan fingerprint density at radius 3 is 2.36 bits per heavy atom. The molecule has 0 aliphatic rings. The smallest absolute Gasteiger partial charge is 0.374 e. The van der Waals surface area contributed by atoms with Gasteiger partial charge in [0.25, 0.3) is 0 Å². The molecule has 4 heteroatoms. The highest BCUT2D eigenvalue weighted by molar-refractivity contribution is 6.33. The number of ether oxygens (including phenoxy) is 2. The lowest BCUT2D eigenvalue weighted by Crippen LogP contribution is -2.28. The van der Waals surface area contributed by atoms with Gasteiger partial charge in [0, 0.05) is 17.4 Å². The van der Waals surface area contributed by atoms with Crippen LogP contribution in [0.15, 0.2) is 18.2 Å². The van der Waals surface area contributed by atoms with E-state index in [1.54, 1.807) is 14.0 Å². The van der Waals surface area contributed by atoms with Gasteiger partial charge in [0.1, 0.15) is 5.75 Å². The predicted molar refractivity (Wildman–Crippen MR) is 86.4 cm³/mol. The summed E-state index contributed by atoms with van der Waals surface area (Å²) in [6.07, 6.45) is 0.0870. The highest BCUT2D eigenvalue weighted by atomic mass is 16.5. The second-order valence-electron chi connectivity index (χ2n) is 6.29. The van der Waals surface area contributed by atoms with Crippen LogP contribution in [0.25, 0.3) is 0 Å². The number of para-hydroxylation sites is 1. The standard InChI is InChI=1S/C18H26O4/c1-7-22-17(20)15(19)11-18(4,5)14-10-8-9-13(12(2)3)16(14)21-6/h8-10,12H,7,11H2,1-6H3. The molecule has 0 radical (unpaired) electrons. The van der Waals surface area contributed by atoms with Gasteiger partial charge in [-0.3, -0.25) is 4.79 Å². The van der Waals surface area contributed by atoms with E-state index in [4.69, 9.17) is 9.47 Å². The molecule has 0 heterocycles. The summed E-state index contributed by atoms with van der Waals surface area (Å²) in [6, 6.07) is 5.93. The molecular weight excluding hydrogens is 280 g/mol. The SMILES string of the molecule is CCOC(=O)C(=O)CC(C)(C)c1cccc(C(C)C)c1OC. The van der Waals surface area contributed by atoms with Crippen LogP contribution in [0.3, 0.4) is 0 Å². The molecule has 0 amide bonds. The Bertz CT molecular complexity index is 544. The van der Waals surface area contributed by atoms with Crippen molar-refractivity contribution in [1.82, 2.24) is 0 Å². The summed E-state index contributed by atoms with van der Waals surface area (Å²) in [7, 11) is 1.63. The summed E-state index contributed by atoms with van der Waals surface area (Å²) in [5.74, 6) is -0.177. The van der Waals surface area contributed by atoms with Gasteiger partial charge in [-0.15, -0.1) is 0 Å². The minimum atomic E-state index is -0.769. The van der Waals surface area contributed by atoms with E-state index in [0.29, 0.717) is 5.92 Å². The summed E-state index contributed by atoms with van der Waals surface area (Å²) >= 11 is 0. The Kier molecular flexibility index (Phi) is 6.15. The van der Waals surface area contributed by atoms with Crippen molar-refractivity contribution in [3.05, 3.63) is 29.3 Å². The Hall–Kier alpha value is -1.84. The van der Waals surface area contributed by atoms with Crippen molar-refractivity contribution in [2.75, 3.05) is 13.7 Å². The number of hydrogen-bond acceptors (Lipinski definition) is 4. The van der Waals surface area contributed by atoms with Crippen molar-refractivity contribution >= 4 is 11.8 Å². The zero-order chi connectivity index (χ0) is 16.9. The first-order valence-corrected chi connectivity index (χ1v) is 7.62. The maximum Gasteiger partial charge on any atom is 0.374 e. The van der Waals surface area contributed by atoms with Crippen molar-refractivity contribution in [2.24, 2.45) is 0 Å². The number of esters is 1. The van der Waals surface area contributed by atoms with Crippen LogP contribution in [0.4, 0.5) is 0 Å². The number of hydrogen-bond donors (Lipinski definition) is 0. The van der Waals surface area contributed by atoms with Crippen molar-refractivity contribution in [1.29, 1.82) is 0 Å². The molecule has 0 unspecified atom stereocenters. The van der Waals surface area contributed by atoms with E-state index >= 15 is 0 Å². The van der Waals surface area contributed by atoms with Crippen LogP contribution in [-0.4, -0.2) is 25.5 Å². The fourth-order valence-electron chi connectivity index (χ4n) is 2.55. The quantitative estimate of drug-likeness (QED) is 0.570. The van der Waals surface area contributed by atoms with Crippen LogP contribution in [0.1, 0.15) is 58.1 Å². The van der Waals surface area contributed by atoms with E-state index in [1.165, 1.54) is 0 Å². The molecule has 0 atom stereocenters. The van der Waals surface area contributed by atoms with E-state index in [2.05, 4.69) is 13.8 Å². The average Bonchev–Trinajstić information content (AvgIpc) is 2.45. The third-order valence-corrected chi connectivity index (χ3v) is 3.71. The molecule has 0 aliphatic carbocycles. The van der Waals surface area contributed by atoms with E-state index in [1.807, 2.05) is 32.0 Å². The zero-order valence-corrected chi connectivity index (χ0v) is 14.4. The molecule has 0 fully saturated rings. The molecule has 22 heavy (non-hydrogen) atoms. The first kappa shape index (κ1) is 18.2. The van der Waals surface area contributed by atoms with Crippen molar-refractivity contribution < 1.29 is 19.1 Å². The van der Waals surface area contributed by atoms with Crippen LogP contribution >= 0.6 is 0 Å². The fraction of sp³-hybridized carbons (Fsp3) is 0.556. The van der Waals surface area contributed by atoms with Gasteiger partial charge in [0.15, 0.2) is 0 Å². The van der Waals surface area contributed by atoms with Gasteiger partial charge in [-0.25, -0.2) is 4.79 Å². The molecule has 0 saturated carbocycles. The van der Waals surface area contributed by atoms with Gasteiger partial charge in [-0.1, -0.05) is 45.9 Å². The van der Waals surface area contributed by atoms with Crippen molar-refractivity contribution in [2.45, 2.75) is 52.4 Å². The maximum atomic E-state index is 12.0. The lowest BCUT2D eigenvalue weighted by Gasteiger charge is -2.28. The van der Waals surface area contributed by atoms with Crippen molar-refractivity contribution in [3.63, 3.8) is 0 Å². The molecule has 1 aromatic rings. The van der Waals surface area contributed by atoms with E-state index in [-0.39, 0.29) is 13.0 Å². The monoisotopic (exact) mass is 306 g/mol. The molecule has 0 aromatic heterocycles. The van der Waals surface area contributed by atoms with Crippen molar-refractivity contribution in [3.8, 4) is 5.75 Å². The maximum absolute atomic E-state index is 12.0. The number of carbonyl (C=O) groups excluding carboxylic acids is 2. The van der Waals surface area contributed by atoms with Gasteiger partial charge < -0.3 is 9.47 Å². The van der Waals surface area contributed by atoms with Crippen LogP contribution < -0.4 is 4.74 Å². The van der Waals surface area contributed by atoms with E-state index in [9.17, 15) is 9.59 Å². The summed E-state index contributed by atoms with van der Waals surface area (Å²) in [5, 5.41) is 0. The second kappa shape index (κ2) is 7.43. The molecule has 1 aromatic carbocycles. The normalized spacial score (nSPS) is 11.4. The highest BCUT2D eigenvalue weighted by Crippen LogP contribution is 2.39. The zero-order valence-electron chi connectivity index (χ0n) is 14.4. The highest BCUT2D eigenvalue weighted by Gasteiger charge is 2.31. The minimum absolute atomic E-state index is 0.0870. The molecule has 0 bridgehead atoms. The fourth-order valence-corrected chi connectivity index (χ4v) is 2.55. The summed E-state index contributed by atoms with van der Waals surface area (Å²) in [5.41, 5.74) is 1.51. The predicted octanol–water partition coefficient (Wildman–Crippen LogP) is 3.62. The van der Waals surface area contributed by atoms with Gasteiger partial charge in [0.05, 0.1) is 13.7 Å². The first-order valence-electron chi connectivity index (χ1n) is 7.62. The number of methoxy groups -OCH3 is 1. The number of carbonyl (C=O) groups is 2. The molecule has 0 spiro atoms. The van der Waals surface area contributed by atoms with Crippen LogP contribution in [0.5, 0.6) is 5.75 Å². The Labute approximate surface area is 132 Å². The lowest BCUT2D eigenvalue weighted by atomic mass is 9.78. The van der Waals surface area contributed by atoms with E-state index in [0.717, 1.165) is 16.9 Å². The van der Waals surface area contributed by atoms with Crippen LogP contribution in [0, 0.1) is 0 Å². The van der Waals surface area contributed by atoms with Gasteiger partial charge in [-0.05, 0) is 18.4 Å². The second-order valence-corrected chi connectivity index (χ2v) is 6.29. The topological polar surface area (TPSA) is 52.6 Å². The summed E-state index contributed by atoms with van der Waals surface area (Å²) < 4.78 is 10.4. The molecule has 0 saturated heterocycles. The minimum Gasteiger partial charge on any atom is -0.496 e. The van der Waals surface area contributed by atoms with Gasteiger partial charge in [0.2, 0.25) is 5.78 Å². The third kappa shape index (κ3) is 4.09. The largest absolute Gasteiger partial charge is 0.496 e. The van der Waals surface area contributed by atoms with Gasteiger partial charge in [-0.2, -0.15) is 0 Å². The van der Waals surface area contributed by atoms with Crippen LogP contribution in [-0.2, 0) is 19.7 Å². The first-order chi connectivity index (χ1) is 10.2. The Balaban J connectivity index is 3.15. The van der Waals surface area contributed by atoms with Gasteiger partial charge >= 0.3 is 5.97 Å². The Morgan fingerprint density at radius 1 is 1.23 bits per heavy atom. The summed E-state index contributed by atoms with van der Waals surface area (Å²) in [4.78, 5) is 23.6. The van der Waals surface area contributed by atoms with Crippen LogP contribution in [0.2, 0.25) is 0 Å². The lowest BCUT2D eigenvalue weighted by molar-refractivity contribution is -0.154. The summed E-state index contributed by atoms with van der Waals surface area (Å²) in [6.45, 7) is 9.96. The third-order valence-electron chi connectivity index (χ3n) is 3.71. The molecule has 4 nitrogen and oxygen atoms in total. The molecule has 122 valence electrons. The number of Topliss-reactive ketones (excluding diaryl/α,β-unsaturated/α-hetero) is 1. The molecular formula is C18H26O4. The number of ketones is 1. The molecule has 0 N–H and O–H groups in total. The molecule has 0 aliphatic heterocycles.